The van der Waals surface area contributed by atoms with Gasteiger partial charge in [-0.15, -0.1) is 0 Å². The van der Waals surface area contributed by atoms with Gasteiger partial charge in [0, 0.05) is 0 Å². The molecule has 0 aromatic heterocycles. The van der Waals surface area contributed by atoms with Crippen LogP contribution in [0.2, 0.25) is 0 Å². The smallest absolute Gasteiger partial charge is 0.411 e. The van der Waals surface area contributed by atoms with E-state index < -0.39 is 17.7 Å². The van der Waals surface area contributed by atoms with Crippen molar-refractivity contribution >= 4 is 12.4 Å². The number of aldehydes is 1. The van der Waals surface area contributed by atoms with Crippen LogP contribution in [0.3, 0.4) is 0 Å². The van der Waals surface area contributed by atoms with Gasteiger partial charge in [0.05, 0.1) is 19.3 Å². The van der Waals surface area contributed by atoms with E-state index in [1.54, 1.807) is 20.8 Å². The molecule has 2 atom stereocenters. The number of ether oxygens (including phenoxy) is 2. The van der Waals surface area contributed by atoms with Gasteiger partial charge in [-0.25, -0.2) is 4.79 Å². The van der Waals surface area contributed by atoms with Gasteiger partial charge in [-0.2, -0.15) is 0 Å². The Bertz CT molecular complexity index is 495. The molecule has 0 bridgehead atoms. The maximum absolute atomic E-state index is 11.9. The summed E-state index contributed by atoms with van der Waals surface area (Å²) in [6, 6.07) is 9.10. The summed E-state index contributed by atoms with van der Waals surface area (Å²) >= 11 is 0. The molecule has 0 saturated carbocycles. The Balaban J connectivity index is 1.81. The third-order valence-corrected chi connectivity index (χ3v) is 3.13. The molecule has 0 unspecified atom stereocenters. The van der Waals surface area contributed by atoms with E-state index >= 15 is 0 Å². The van der Waals surface area contributed by atoms with Gasteiger partial charge in [0.2, 0.25) is 0 Å². The Labute approximate surface area is 124 Å². The predicted molar refractivity (Wildman–Crippen MR) is 77.8 cm³/mol. The van der Waals surface area contributed by atoms with Crippen molar-refractivity contribution in [2.75, 3.05) is 6.61 Å². The molecule has 114 valence electrons. The van der Waals surface area contributed by atoms with Crippen molar-refractivity contribution < 1.29 is 19.1 Å². The summed E-state index contributed by atoms with van der Waals surface area (Å²) in [5.74, 6) is 0. The van der Waals surface area contributed by atoms with Crippen molar-refractivity contribution in [1.29, 1.82) is 0 Å². The van der Waals surface area contributed by atoms with Crippen LogP contribution in [-0.2, 0) is 20.9 Å². The molecule has 0 spiro atoms. The molecule has 1 aliphatic heterocycles. The van der Waals surface area contributed by atoms with Gasteiger partial charge >= 0.3 is 6.09 Å². The highest BCUT2D eigenvalue weighted by Crippen LogP contribution is 2.29. The maximum atomic E-state index is 11.9. The average molecular weight is 291 g/mol. The molecule has 2 rings (SSSR count). The Hall–Kier alpha value is -1.88. The lowest BCUT2D eigenvalue weighted by molar-refractivity contribution is -0.108. The summed E-state index contributed by atoms with van der Waals surface area (Å²) in [4.78, 5) is 24.3. The lowest BCUT2D eigenvalue weighted by atomic mass is 10.2. The van der Waals surface area contributed by atoms with Crippen molar-refractivity contribution in [1.82, 2.24) is 4.90 Å². The van der Waals surface area contributed by atoms with Crippen LogP contribution in [0.4, 0.5) is 4.79 Å². The number of amides is 1. The summed E-state index contributed by atoms with van der Waals surface area (Å²) in [6.45, 7) is 6.18. The minimum absolute atomic E-state index is 0.221. The van der Waals surface area contributed by atoms with Crippen LogP contribution in [-0.4, -0.2) is 41.6 Å². The van der Waals surface area contributed by atoms with Crippen molar-refractivity contribution in [2.24, 2.45) is 0 Å². The highest BCUT2D eigenvalue weighted by Gasteiger charge is 2.52. The number of hydrogen-bond acceptors (Lipinski definition) is 4. The molecule has 1 amide bonds. The molecule has 5 heteroatoms. The zero-order valence-corrected chi connectivity index (χ0v) is 12.6. The topological polar surface area (TPSA) is 55.6 Å². The van der Waals surface area contributed by atoms with Gasteiger partial charge in [0.25, 0.3) is 0 Å². The maximum Gasteiger partial charge on any atom is 0.411 e. The van der Waals surface area contributed by atoms with Gasteiger partial charge < -0.3 is 14.3 Å². The normalized spacial score (nSPS) is 21.0. The van der Waals surface area contributed by atoms with Crippen molar-refractivity contribution in [3.8, 4) is 0 Å². The van der Waals surface area contributed by atoms with Crippen molar-refractivity contribution in [2.45, 2.75) is 45.1 Å². The molecule has 1 fully saturated rings. The van der Waals surface area contributed by atoms with E-state index in [-0.39, 0.29) is 6.04 Å². The predicted octanol–water partition coefficient (Wildman–Crippen LogP) is 2.39. The quantitative estimate of drug-likeness (QED) is 0.617. The molecule has 0 N–H and O–H groups in total. The first-order valence-corrected chi connectivity index (χ1v) is 7.00. The highest BCUT2D eigenvalue weighted by atomic mass is 16.6. The number of carbonyl (C=O) groups is 2. The van der Waals surface area contributed by atoms with E-state index in [1.165, 1.54) is 4.90 Å². The number of nitrogens with zero attached hydrogens (tertiary/aromatic N) is 1. The van der Waals surface area contributed by atoms with E-state index in [4.69, 9.17) is 9.47 Å². The van der Waals surface area contributed by atoms with E-state index in [2.05, 4.69) is 0 Å². The highest BCUT2D eigenvalue weighted by molar-refractivity contribution is 5.81. The Morgan fingerprint density at radius 2 is 1.95 bits per heavy atom. The Kier molecular flexibility index (Phi) is 4.63. The number of hydrogen-bond donors (Lipinski definition) is 0. The number of carbonyl (C=O) groups excluding carboxylic acids is 2. The van der Waals surface area contributed by atoms with E-state index in [0.29, 0.717) is 13.2 Å². The molecule has 0 aliphatic carbocycles. The first-order chi connectivity index (χ1) is 9.92. The molecule has 1 heterocycles. The SMILES string of the molecule is CC(C)(C)OC(=O)N1[C@@H](C=O)[C@@H]1COCc1ccccc1. The lowest BCUT2D eigenvalue weighted by Gasteiger charge is -2.20. The molecular formula is C16H21NO4. The van der Waals surface area contributed by atoms with Gasteiger partial charge in [-0.05, 0) is 26.3 Å². The molecule has 1 aliphatic rings. The largest absolute Gasteiger partial charge is 0.444 e. The van der Waals surface area contributed by atoms with Crippen LogP contribution < -0.4 is 0 Å². The van der Waals surface area contributed by atoms with Crippen molar-refractivity contribution in [3.63, 3.8) is 0 Å². The minimum Gasteiger partial charge on any atom is -0.444 e. The molecule has 5 nitrogen and oxygen atoms in total. The van der Waals surface area contributed by atoms with E-state index in [0.717, 1.165) is 11.8 Å². The summed E-state index contributed by atoms with van der Waals surface area (Å²) in [7, 11) is 0. The fraction of sp³-hybridized carbons (Fsp3) is 0.500. The van der Waals surface area contributed by atoms with Gasteiger partial charge in [0.15, 0.2) is 0 Å². The van der Waals surface area contributed by atoms with E-state index in [9.17, 15) is 9.59 Å². The summed E-state index contributed by atoms with van der Waals surface area (Å²) in [5.41, 5.74) is 0.493. The van der Waals surface area contributed by atoms with Crippen LogP contribution in [0.5, 0.6) is 0 Å². The van der Waals surface area contributed by atoms with E-state index in [1.807, 2.05) is 30.3 Å². The van der Waals surface area contributed by atoms with Crippen molar-refractivity contribution in [3.05, 3.63) is 35.9 Å². The fourth-order valence-electron chi connectivity index (χ4n) is 2.08. The second kappa shape index (κ2) is 6.26. The second-order valence-corrected chi connectivity index (χ2v) is 6.08. The molecule has 1 saturated heterocycles. The standard InChI is InChI=1S/C16H21NO4/c1-16(2,3)21-15(19)17-13(9-18)14(17)11-20-10-12-7-5-4-6-8-12/h4-9,13-14H,10-11H2,1-3H3/t13-,14-,17?/m0/s1. The van der Waals surface area contributed by atoms with Gasteiger partial charge in [0.1, 0.15) is 17.9 Å². The lowest BCUT2D eigenvalue weighted by Crippen LogP contribution is -2.29. The van der Waals surface area contributed by atoms with Crippen LogP contribution in [0.25, 0.3) is 0 Å². The van der Waals surface area contributed by atoms with Gasteiger partial charge in [-0.1, -0.05) is 30.3 Å². The fourth-order valence-corrected chi connectivity index (χ4v) is 2.08. The molecule has 1 aromatic rings. The Morgan fingerprint density at radius 1 is 1.29 bits per heavy atom. The summed E-state index contributed by atoms with van der Waals surface area (Å²) in [5, 5.41) is 0. The van der Waals surface area contributed by atoms with Crippen LogP contribution in [0, 0.1) is 0 Å². The third-order valence-electron chi connectivity index (χ3n) is 3.13. The monoisotopic (exact) mass is 291 g/mol. The molecular weight excluding hydrogens is 270 g/mol. The third kappa shape index (κ3) is 4.29. The molecule has 1 aromatic carbocycles. The zero-order valence-electron chi connectivity index (χ0n) is 12.6. The first-order valence-electron chi connectivity index (χ1n) is 7.00. The van der Waals surface area contributed by atoms with Crippen LogP contribution >= 0.6 is 0 Å². The van der Waals surface area contributed by atoms with Crippen LogP contribution in [0.15, 0.2) is 30.3 Å². The number of benzene rings is 1. The zero-order chi connectivity index (χ0) is 15.5. The average Bonchev–Trinajstić information content (AvgIpc) is 3.11. The summed E-state index contributed by atoms with van der Waals surface area (Å²) in [6.07, 6.45) is 0.299. The Morgan fingerprint density at radius 3 is 2.52 bits per heavy atom. The summed E-state index contributed by atoms with van der Waals surface area (Å²) < 4.78 is 10.8. The molecule has 0 radical (unpaired) electrons. The number of rotatable bonds is 5. The first kappa shape index (κ1) is 15.5. The van der Waals surface area contributed by atoms with Crippen LogP contribution in [0.1, 0.15) is 26.3 Å². The van der Waals surface area contributed by atoms with Gasteiger partial charge in [-0.3, -0.25) is 4.90 Å². The molecule has 21 heavy (non-hydrogen) atoms. The second-order valence-electron chi connectivity index (χ2n) is 6.08. The minimum atomic E-state index is -0.567.